The Morgan fingerprint density at radius 1 is 1.33 bits per heavy atom. The van der Waals surface area contributed by atoms with Gasteiger partial charge in [0.2, 0.25) is 5.88 Å². The highest BCUT2D eigenvalue weighted by Gasteiger charge is 2.22. The van der Waals surface area contributed by atoms with Crippen LogP contribution in [0.25, 0.3) is 0 Å². The van der Waals surface area contributed by atoms with E-state index in [0.29, 0.717) is 6.20 Å². The molecule has 1 aromatic carbocycles. The molecular formula is C12H6F2N2O5. The van der Waals surface area contributed by atoms with E-state index in [-0.39, 0.29) is 0 Å². The van der Waals surface area contributed by atoms with Crippen molar-refractivity contribution in [3.8, 4) is 11.6 Å². The van der Waals surface area contributed by atoms with Gasteiger partial charge in [-0.05, 0) is 12.1 Å². The van der Waals surface area contributed by atoms with Crippen LogP contribution in [0, 0.1) is 21.7 Å². The lowest BCUT2D eigenvalue weighted by Gasteiger charge is -2.06. The van der Waals surface area contributed by atoms with E-state index < -0.39 is 45.4 Å². The van der Waals surface area contributed by atoms with Gasteiger partial charge in [0.1, 0.15) is 17.6 Å². The number of carbonyl (C=O) groups is 1. The van der Waals surface area contributed by atoms with Gasteiger partial charge >= 0.3 is 11.7 Å². The molecule has 0 amide bonds. The standard InChI is InChI=1S/C12H6F2N2O5/c13-6-1-2-8(14)10(3-6)21-11-4-7(12(17)18)9(5-15-11)16(19)20/h1-5H,(H,17,18). The van der Waals surface area contributed by atoms with Crippen molar-refractivity contribution < 1.29 is 28.3 Å². The molecule has 0 aliphatic rings. The quantitative estimate of drug-likeness (QED) is 0.687. The van der Waals surface area contributed by atoms with Gasteiger partial charge in [0.15, 0.2) is 11.6 Å². The third-order valence-corrected chi connectivity index (χ3v) is 2.39. The van der Waals surface area contributed by atoms with E-state index in [9.17, 15) is 23.7 Å². The van der Waals surface area contributed by atoms with Crippen molar-refractivity contribution in [1.29, 1.82) is 0 Å². The van der Waals surface area contributed by atoms with E-state index in [4.69, 9.17) is 9.84 Å². The maximum Gasteiger partial charge on any atom is 0.342 e. The zero-order chi connectivity index (χ0) is 15.6. The molecule has 108 valence electrons. The van der Waals surface area contributed by atoms with Crippen LogP contribution in [-0.4, -0.2) is 21.0 Å². The molecule has 0 saturated carbocycles. The number of pyridine rings is 1. The summed E-state index contributed by atoms with van der Waals surface area (Å²) in [4.78, 5) is 24.1. The maximum atomic E-state index is 13.4. The Hall–Kier alpha value is -3.10. The van der Waals surface area contributed by atoms with Crippen LogP contribution in [0.3, 0.4) is 0 Å². The molecule has 2 aromatic rings. The summed E-state index contributed by atoms with van der Waals surface area (Å²) in [5.74, 6) is -4.18. The summed E-state index contributed by atoms with van der Waals surface area (Å²) in [6.07, 6.45) is 0.663. The van der Waals surface area contributed by atoms with Crippen LogP contribution in [-0.2, 0) is 0 Å². The molecule has 0 fully saturated rings. The third kappa shape index (κ3) is 3.08. The van der Waals surface area contributed by atoms with Gasteiger partial charge in [0, 0.05) is 12.1 Å². The number of halogens is 2. The number of aromatic carboxylic acids is 1. The molecule has 21 heavy (non-hydrogen) atoms. The second-order valence-electron chi connectivity index (χ2n) is 3.78. The Labute approximate surface area is 115 Å². The van der Waals surface area contributed by atoms with Crippen LogP contribution in [0.1, 0.15) is 10.4 Å². The largest absolute Gasteiger partial charge is 0.477 e. The van der Waals surface area contributed by atoms with E-state index >= 15 is 0 Å². The molecule has 1 aromatic heterocycles. The first-order chi connectivity index (χ1) is 9.88. The van der Waals surface area contributed by atoms with Crippen LogP contribution >= 0.6 is 0 Å². The molecule has 0 atom stereocenters. The molecule has 0 aliphatic heterocycles. The van der Waals surface area contributed by atoms with Crippen LogP contribution in [0.2, 0.25) is 0 Å². The van der Waals surface area contributed by atoms with Crippen LogP contribution in [0.4, 0.5) is 14.5 Å². The lowest BCUT2D eigenvalue weighted by molar-refractivity contribution is -0.385. The summed E-state index contributed by atoms with van der Waals surface area (Å²) in [6, 6.07) is 3.17. The lowest BCUT2D eigenvalue weighted by atomic mass is 10.2. The summed E-state index contributed by atoms with van der Waals surface area (Å²) in [5.41, 5.74) is -1.42. The summed E-state index contributed by atoms with van der Waals surface area (Å²) in [5, 5.41) is 19.5. The molecule has 0 aliphatic carbocycles. The first-order valence-electron chi connectivity index (χ1n) is 5.39. The molecule has 0 bridgehead atoms. The number of nitrogens with zero attached hydrogens (tertiary/aromatic N) is 2. The van der Waals surface area contributed by atoms with Crippen molar-refractivity contribution in [3.05, 3.63) is 57.8 Å². The van der Waals surface area contributed by atoms with Crippen LogP contribution in [0.5, 0.6) is 11.6 Å². The molecule has 1 N–H and O–H groups in total. The highest BCUT2D eigenvalue weighted by atomic mass is 19.1. The number of rotatable bonds is 4. The van der Waals surface area contributed by atoms with E-state index in [0.717, 1.165) is 24.3 Å². The van der Waals surface area contributed by atoms with Gasteiger partial charge in [-0.25, -0.2) is 18.6 Å². The Morgan fingerprint density at radius 3 is 2.67 bits per heavy atom. The van der Waals surface area contributed by atoms with Gasteiger partial charge in [-0.3, -0.25) is 10.1 Å². The number of carboxylic acids is 1. The van der Waals surface area contributed by atoms with Gasteiger partial charge in [-0.2, -0.15) is 0 Å². The van der Waals surface area contributed by atoms with E-state index in [1.807, 2.05) is 0 Å². The molecule has 0 spiro atoms. The normalized spacial score (nSPS) is 10.2. The summed E-state index contributed by atoms with van der Waals surface area (Å²) in [7, 11) is 0. The fourth-order valence-corrected chi connectivity index (χ4v) is 1.47. The Kier molecular flexibility index (Phi) is 3.74. The summed E-state index contributed by atoms with van der Waals surface area (Å²) >= 11 is 0. The smallest absolute Gasteiger partial charge is 0.342 e. The second kappa shape index (κ2) is 5.49. The monoisotopic (exact) mass is 296 g/mol. The molecule has 0 unspecified atom stereocenters. The molecule has 7 nitrogen and oxygen atoms in total. The van der Waals surface area contributed by atoms with Crippen molar-refractivity contribution in [2.24, 2.45) is 0 Å². The zero-order valence-electron chi connectivity index (χ0n) is 10.1. The number of aromatic nitrogens is 1. The van der Waals surface area contributed by atoms with Crippen molar-refractivity contribution in [2.45, 2.75) is 0 Å². The number of ether oxygens (including phenoxy) is 1. The first kappa shape index (κ1) is 14.3. The topological polar surface area (TPSA) is 103 Å². The van der Waals surface area contributed by atoms with Crippen molar-refractivity contribution >= 4 is 11.7 Å². The molecule has 1 heterocycles. The number of nitro groups is 1. The summed E-state index contributed by atoms with van der Waals surface area (Å²) < 4.78 is 31.3. The fourth-order valence-electron chi connectivity index (χ4n) is 1.47. The Balaban J connectivity index is 2.41. The molecular weight excluding hydrogens is 290 g/mol. The average molecular weight is 296 g/mol. The molecule has 2 rings (SSSR count). The third-order valence-electron chi connectivity index (χ3n) is 2.39. The van der Waals surface area contributed by atoms with Crippen molar-refractivity contribution in [2.75, 3.05) is 0 Å². The average Bonchev–Trinajstić information content (AvgIpc) is 2.42. The van der Waals surface area contributed by atoms with Crippen LogP contribution in [0.15, 0.2) is 30.5 Å². The first-order valence-corrected chi connectivity index (χ1v) is 5.39. The minimum absolute atomic E-state index is 0.414. The summed E-state index contributed by atoms with van der Waals surface area (Å²) in [6.45, 7) is 0. The zero-order valence-corrected chi connectivity index (χ0v) is 10.1. The van der Waals surface area contributed by atoms with Gasteiger partial charge in [0.05, 0.1) is 4.92 Å². The molecule has 9 heteroatoms. The number of carboxylic acid groups (broad SMARTS) is 1. The molecule has 0 radical (unpaired) electrons. The van der Waals surface area contributed by atoms with E-state index in [1.165, 1.54) is 0 Å². The predicted octanol–water partition coefficient (Wildman–Crippen LogP) is 2.76. The number of hydrogen-bond acceptors (Lipinski definition) is 5. The van der Waals surface area contributed by atoms with Crippen LogP contribution < -0.4 is 4.74 Å². The maximum absolute atomic E-state index is 13.4. The van der Waals surface area contributed by atoms with E-state index in [1.54, 1.807) is 0 Å². The Bertz CT molecular complexity index is 736. The SMILES string of the molecule is O=C(O)c1cc(Oc2cc(F)ccc2F)ncc1[N+](=O)[O-]. The highest BCUT2D eigenvalue weighted by Crippen LogP contribution is 2.27. The van der Waals surface area contributed by atoms with Gasteiger partial charge in [-0.1, -0.05) is 0 Å². The van der Waals surface area contributed by atoms with Crippen molar-refractivity contribution in [1.82, 2.24) is 4.98 Å². The number of benzene rings is 1. The minimum atomic E-state index is -1.58. The van der Waals surface area contributed by atoms with Crippen molar-refractivity contribution in [3.63, 3.8) is 0 Å². The van der Waals surface area contributed by atoms with E-state index in [2.05, 4.69) is 4.98 Å². The Morgan fingerprint density at radius 2 is 2.05 bits per heavy atom. The number of hydrogen-bond donors (Lipinski definition) is 1. The van der Waals surface area contributed by atoms with Gasteiger partial charge in [0.25, 0.3) is 0 Å². The minimum Gasteiger partial charge on any atom is -0.477 e. The van der Waals surface area contributed by atoms with Gasteiger partial charge in [-0.15, -0.1) is 0 Å². The van der Waals surface area contributed by atoms with Gasteiger partial charge < -0.3 is 9.84 Å². The predicted molar refractivity (Wildman–Crippen MR) is 64.3 cm³/mol. The molecule has 0 saturated heterocycles. The highest BCUT2D eigenvalue weighted by molar-refractivity contribution is 5.92. The fraction of sp³-hybridized carbons (Fsp3) is 0. The lowest BCUT2D eigenvalue weighted by Crippen LogP contribution is -2.04. The second-order valence-corrected chi connectivity index (χ2v) is 3.78.